The highest BCUT2D eigenvalue weighted by molar-refractivity contribution is 7.19. The van der Waals surface area contributed by atoms with Crippen LogP contribution in [0.3, 0.4) is 0 Å². The van der Waals surface area contributed by atoms with E-state index in [0.29, 0.717) is 27.0 Å². The summed E-state index contributed by atoms with van der Waals surface area (Å²) in [5.74, 6) is 0.237. The monoisotopic (exact) mass is 394 g/mol. The van der Waals surface area contributed by atoms with Crippen LogP contribution >= 0.6 is 11.3 Å². The molecule has 2 aromatic carbocycles. The van der Waals surface area contributed by atoms with Crippen LogP contribution in [-0.4, -0.2) is 30.6 Å². The van der Waals surface area contributed by atoms with Gasteiger partial charge in [-0.1, -0.05) is 29.5 Å². The van der Waals surface area contributed by atoms with E-state index < -0.39 is 10.8 Å². The summed E-state index contributed by atoms with van der Waals surface area (Å²) in [7, 11) is 0. The van der Waals surface area contributed by atoms with E-state index in [2.05, 4.69) is 20.6 Å². The molecule has 0 atom stereocenters. The minimum absolute atomic E-state index is 0.0925. The van der Waals surface area contributed by atoms with Crippen LogP contribution in [0.25, 0.3) is 15.5 Å². The van der Waals surface area contributed by atoms with E-state index in [0.717, 1.165) is 5.56 Å². The number of hydrogen-bond acceptors (Lipinski definition) is 7. The molecule has 2 aromatic heterocycles. The van der Waals surface area contributed by atoms with Gasteiger partial charge in [0.2, 0.25) is 4.96 Å². The van der Waals surface area contributed by atoms with Gasteiger partial charge in [-0.05, 0) is 32.0 Å². The Morgan fingerprint density at radius 1 is 1.18 bits per heavy atom. The summed E-state index contributed by atoms with van der Waals surface area (Å²) in [5, 5.41) is 27.2. The van der Waals surface area contributed by atoms with Crippen molar-refractivity contribution < 1.29 is 9.72 Å². The molecule has 0 bridgehead atoms. The molecule has 2 heterocycles. The number of nitro groups is 1. The molecule has 0 unspecified atom stereocenters. The van der Waals surface area contributed by atoms with Crippen LogP contribution in [0.2, 0.25) is 0 Å². The van der Waals surface area contributed by atoms with E-state index in [4.69, 9.17) is 0 Å². The van der Waals surface area contributed by atoms with Crippen LogP contribution in [0.5, 0.6) is 0 Å². The molecule has 0 spiro atoms. The number of aromatic nitrogens is 4. The number of amides is 1. The van der Waals surface area contributed by atoms with Crippen molar-refractivity contribution >= 4 is 33.6 Å². The molecule has 140 valence electrons. The molecule has 1 amide bonds. The van der Waals surface area contributed by atoms with E-state index in [-0.39, 0.29) is 11.3 Å². The molecule has 10 heteroatoms. The molecule has 0 aliphatic heterocycles. The molecule has 0 saturated heterocycles. The number of rotatable bonds is 4. The Balaban J connectivity index is 1.68. The van der Waals surface area contributed by atoms with Gasteiger partial charge >= 0.3 is 0 Å². The van der Waals surface area contributed by atoms with Crippen LogP contribution in [0, 0.1) is 24.0 Å². The molecule has 0 radical (unpaired) electrons. The topological polar surface area (TPSA) is 115 Å². The Hall–Kier alpha value is -3.66. The molecular weight excluding hydrogens is 380 g/mol. The fraction of sp³-hybridized carbons (Fsp3) is 0.111. The molecule has 9 nitrogen and oxygen atoms in total. The molecule has 0 aliphatic rings. The number of aryl methyl sites for hydroxylation is 2. The maximum atomic E-state index is 12.7. The lowest BCUT2D eigenvalue weighted by Gasteiger charge is -2.09. The third kappa shape index (κ3) is 3.09. The van der Waals surface area contributed by atoms with Gasteiger partial charge in [-0.25, -0.2) is 0 Å². The van der Waals surface area contributed by atoms with E-state index >= 15 is 0 Å². The average Bonchev–Trinajstić information content (AvgIpc) is 3.24. The number of hydrogen-bond donors (Lipinski definition) is 1. The zero-order chi connectivity index (χ0) is 19.8. The standard InChI is InChI=1S/C18H14N6O3S/c1-10-7-8-12(9-15(10)24(26)27)16(25)19-14-6-4-3-5-13(14)17-22-23-11(2)20-21-18(23)28-17/h3-9H,1-2H3,(H,19,25). The first-order valence-electron chi connectivity index (χ1n) is 8.28. The molecule has 0 fully saturated rings. The number of carbonyl (C=O) groups excluding carboxylic acids is 1. The fourth-order valence-electron chi connectivity index (χ4n) is 2.74. The SMILES string of the molecule is Cc1ccc(C(=O)Nc2ccccc2-c2nn3c(C)nnc3s2)cc1[N+](=O)[O-]. The van der Waals surface area contributed by atoms with Gasteiger partial charge in [0.1, 0.15) is 5.01 Å². The molecule has 0 saturated carbocycles. The van der Waals surface area contributed by atoms with Crippen molar-refractivity contribution in [3.8, 4) is 10.6 Å². The Morgan fingerprint density at radius 2 is 1.96 bits per heavy atom. The van der Waals surface area contributed by atoms with E-state index in [1.54, 1.807) is 35.7 Å². The highest BCUT2D eigenvalue weighted by Gasteiger charge is 2.18. The van der Waals surface area contributed by atoms with Crippen molar-refractivity contribution in [3.63, 3.8) is 0 Å². The average molecular weight is 394 g/mol. The summed E-state index contributed by atoms with van der Waals surface area (Å²) in [6.45, 7) is 3.44. The van der Waals surface area contributed by atoms with Gasteiger partial charge in [0.15, 0.2) is 5.82 Å². The number of anilines is 1. The largest absolute Gasteiger partial charge is 0.321 e. The Kier molecular flexibility index (Phi) is 4.32. The van der Waals surface area contributed by atoms with Crippen molar-refractivity contribution in [2.45, 2.75) is 13.8 Å². The second-order valence-corrected chi connectivity index (χ2v) is 7.06. The Morgan fingerprint density at radius 3 is 2.71 bits per heavy atom. The van der Waals surface area contributed by atoms with Crippen LogP contribution in [0.15, 0.2) is 42.5 Å². The molecule has 28 heavy (non-hydrogen) atoms. The first-order valence-corrected chi connectivity index (χ1v) is 9.10. The molecule has 1 N–H and O–H groups in total. The predicted octanol–water partition coefficient (Wildman–Crippen LogP) is 3.63. The molecule has 0 aliphatic carbocycles. The highest BCUT2D eigenvalue weighted by atomic mass is 32.1. The third-order valence-corrected chi connectivity index (χ3v) is 5.15. The molecular formula is C18H14N6O3S. The summed E-state index contributed by atoms with van der Waals surface area (Å²) in [6, 6.07) is 11.6. The summed E-state index contributed by atoms with van der Waals surface area (Å²) in [6.07, 6.45) is 0. The summed E-state index contributed by atoms with van der Waals surface area (Å²) >= 11 is 1.35. The van der Waals surface area contributed by atoms with Crippen molar-refractivity contribution in [3.05, 3.63) is 69.5 Å². The molecule has 4 rings (SSSR count). The van der Waals surface area contributed by atoms with Crippen LogP contribution in [0.4, 0.5) is 11.4 Å². The first kappa shape index (κ1) is 17.7. The number of para-hydroxylation sites is 1. The van der Waals surface area contributed by atoms with Crippen molar-refractivity contribution in [1.82, 2.24) is 19.8 Å². The minimum Gasteiger partial charge on any atom is -0.321 e. The minimum atomic E-state index is -0.498. The van der Waals surface area contributed by atoms with Gasteiger partial charge in [0.25, 0.3) is 11.6 Å². The lowest BCUT2D eigenvalue weighted by Crippen LogP contribution is -2.13. The second-order valence-electron chi connectivity index (χ2n) is 6.11. The number of nitrogens with one attached hydrogen (secondary N) is 1. The van der Waals surface area contributed by atoms with Crippen molar-refractivity contribution in [1.29, 1.82) is 0 Å². The maximum Gasteiger partial charge on any atom is 0.273 e. The summed E-state index contributed by atoms with van der Waals surface area (Å²) in [5.41, 5.74) is 1.90. The van der Waals surface area contributed by atoms with Gasteiger partial charge < -0.3 is 5.32 Å². The van der Waals surface area contributed by atoms with Crippen molar-refractivity contribution in [2.24, 2.45) is 0 Å². The van der Waals surface area contributed by atoms with Gasteiger partial charge in [-0.3, -0.25) is 14.9 Å². The number of fused-ring (bicyclic) bond motifs is 1. The van der Waals surface area contributed by atoms with Crippen LogP contribution in [-0.2, 0) is 0 Å². The van der Waals surface area contributed by atoms with E-state index in [1.807, 2.05) is 19.1 Å². The zero-order valence-corrected chi connectivity index (χ0v) is 15.7. The van der Waals surface area contributed by atoms with Gasteiger partial charge in [0, 0.05) is 22.8 Å². The Bertz CT molecular complexity index is 1230. The fourth-order valence-corrected chi connectivity index (χ4v) is 3.67. The number of nitro benzene ring substituents is 1. The smallest absolute Gasteiger partial charge is 0.273 e. The normalized spacial score (nSPS) is 10.9. The first-order chi connectivity index (χ1) is 13.4. The second kappa shape index (κ2) is 6.82. The predicted molar refractivity (Wildman–Crippen MR) is 105 cm³/mol. The number of benzene rings is 2. The van der Waals surface area contributed by atoms with Crippen molar-refractivity contribution in [2.75, 3.05) is 5.32 Å². The number of carbonyl (C=O) groups is 1. The lowest BCUT2D eigenvalue weighted by molar-refractivity contribution is -0.385. The quantitative estimate of drug-likeness (QED) is 0.417. The number of nitrogens with zero attached hydrogens (tertiary/aromatic N) is 5. The van der Waals surface area contributed by atoms with E-state index in [1.165, 1.54) is 17.4 Å². The van der Waals surface area contributed by atoms with Gasteiger partial charge in [-0.15, -0.1) is 10.2 Å². The van der Waals surface area contributed by atoms with Crippen LogP contribution in [0.1, 0.15) is 21.7 Å². The van der Waals surface area contributed by atoms with Gasteiger partial charge in [-0.2, -0.15) is 9.61 Å². The Labute approximate surface area is 162 Å². The maximum absolute atomic E-state index is 12.7. The highest BCUT2D eigenvalue weighted by Crippen LogP contribution is 2.32. The van der Waals surface area contributed by atoms with Crippen LogP contribution < -0.4 is 5.32 Å². The van der Waals surface area contributed by atoms with Gasteiger partial charge in [0.05, 0.1) is 10.6 Å². The summed E-state index contributed by atoms with van der Waals surface area (Å²) in [4.78, 5) is 24.0. The lowest BCUT2D eigenvalue weighted by atomic mass is 10.1. The zero-order valence-electron chi connectivity index (χ0n) is 14.9. The molecule has 4 aromatic rings. The summed E-state index contributed by atoms with van der Waals surface area (Å²) < 4.78 is 1.64. The third-order valence-electron chi connectivity index (χ3n) is 4.22. The van der Waals surface area contributed by atoms with E-state index in [9.17, 15) is 14.9 Å².